The molecular weight excluding hydrogens is 212 g/mol. The highest BCUT2D eigenvalue weighted by Gasteiger charge is 2.56. The normalized spacial score (nSPS) is 25.2. The number of azide groups is 1. The van der Waals surface area contributed by atoms with Gasteiger partial charge < -0.3 is 4.55 Å². The summed E-state index contributed by atoms with van der Waals surface area (Å²) in [6, 6.07) is -1.13. The second-order valence-electron chi connectivity index (χ2n) is 3.32. The average Bonchev–Trinajstić information content (AvgIpc) is 1.96. The number of β-lactam (4-membered cyclic amide) rings is 1. The zero-order valence-electron chi connectivity index (χ0n) is 7.41. The minimum absolute atomic E-state index is 0.180. The van der Waals surface area contributed by atoms with Gasteiger partial charge in [0.2, 0.25) is 5.91 Å². The quantitative estimate of drug-likeness (QED) is 0.208. The lowest BCUT2D eigenvalue weighted by Crippen LogP contribution is -2.72. The molecule has 0 radical (unpaired) electrons. The summed E-state index contributed by atoms with van der Waals surface area (Å²) in [6.45, 7) is 2.67. The van der Waals surface area contributed by atoms with E-state index in [9.17, 15) is 17.8 Å². The minimum Gasteiger partial charge on any atom is -0.731 e. The molecule has 0 aromatic heterocycles. The van der Waals surface area contributed by atoms with Gasteiger partial charge in [-0.25, -0.2) is 12.7 Å². The van der Waals surface area contributed by atoms with Crippen LogP contribution in [0.4, 0.5) is 0 Å². The van der Waals surface area contributed by atoms with Crippen molar-refractivity contribution < 1.29 is 17.8 Å². The first-order valence-electron chi connectivity index (χ1n) is 3.57. The van der Waals surface area contributed by atoms with E-state index in [1.54, 1.807) is 0 Å². The number of rotatable bonds is 2. The fourth-order valence-electron chi connectivity index (χ4n) is 1.38. The van der Waals surface area contributed by atoms with E-state index in [0.29, 0.717) is 0 Å². The van der Waals surface area contributed by atoms with Crippen LogP contribution in [-0.4, -0.2) is 34.8 Å². The van der Waals surface area contributed by atoms with Crippen molar-refractivity contribution in [3.05, 3.63) is 10.4 Å². The molecule has 1 aliphatic heterocycles. The van der Waals surface area contributed by atoms with E-state index in [-0.39, 0.29) is 4.31 Å². The molecule has 0 aromatic rings. The van der Waals surface area contributed by atoms with E-state index in [1.165, 1.54) is 13.8 Å². The van der Waals surface area contributed by atoms with Gasteiger partial charge in [-0.2, -0.15) is 0 Å². The molecular formula is C5H7N4O4S-. The van der Waals surface area contributed by atoms with Gasteiger partial charge in [-0.05, 0) is 19.4 Å². The number of amides is 1. The highest BCUT2D eigenvalue weighted by molar-refractivity contribution is 7.84. The number of nitrogens with zero attached hydrogens (tertiary/aromatic N) is 4. The first-order valence-corrected chi connectivity index (χ1v) is 4.93. The molecule has 1 atom stereocenters. The molecule has 14 heavy (non-hydrogen) atoms. The van der Waals surface area contributed by atoms with Crippen LogP contribution < -0.4 is 0 Å². The third-order valence-electron chi connectivity index (χ3n) is 2.02. The number of hydrogen-bond acceptors (Lipinski definition) is 5. The van der Waals surface area contributed by atoms with Gasteiger partial charge in [-0.3, -0.25) is 4.79 Å². The number of carbonyl (C=O) groups excluding carboxylic acids is 1. The van der Waals surface area contributed by atoms with Crippen LogP contribution in [0.25, 0.3) is 10.4 Å². The largest absolute Gasteiger partial charge is 0.731 e. The Morgan fingerprint density at radius 2 is 2.14 bits per heavy atom. The number of hydrogen-bond donors (Lipinski definition) is 0. The molecule has 0 saturated carbocycles. The Bertz CT molecular complexity index is 421. The fourth-order valence-corrected chi connectivity index (χ4v) is 2.38. The molecule has 1 heterocycles. The smallest absolute Gasteiger partial charge is 0.247 e. The van der Waals surface area contributed by atoms with Crippen molar-refractivity contribution in [3.63, 3.8) is 0 Å². The summed E-state index contributed by atoms with van der Waals surface area (Å²) in [6.07, 6.45) is 0. The standard InChI is InChI=1S/C5H8N4O4S/c1-5(2)3(7-8-6)4(10)9(5)14(11,12)13/h3H,1-2H3,(H,11,12,13)/p-1. The Morgan fingerprint density at radius 1 is 1.64 bits per heavy atom. The lowest BCUT2D eigenvalue weighted by Gasteiger charge is -2.51. The summed E-state index contributed by atoms with van der Waals surface area (Å²) in [5.41, 5.74) is 6.83. The summed E-state index contributed by atoms with van der Waals surface area (Å²) >= 11 is 0. The molecule has 0 bridgehead atoms. The maximum atomic E-state index is 11.1. The van der Waals surface area contributed by atoms with E-state index in [4.69, 9.17) is 5.53 Å². The molecule has 0 N–H and O–H groups in total. The molecule has 78 valence electrons. The first-order chi connectivity index (χ1) is 6.23. The lowest BCUT2D eigenvalue weighted by molar-refractivity contribution is -0.146. The Kier molecular flexibility index (Phi) is 2.18. The predicted octanol–water partition coefficient (Wildman–Crippen LogP) is -0.254. The van der Waals surface area contributed by atoms with Gasteiger partial charge >= 0.3 is 0 Å². The SMILES string of the molecule is CC1(C)C(N=[N+]=[N-])C(=O)N1S(=O)(=O)[O-]. The topological polar surface area (TPSA) is 126 Å². The van der Waals surface area contributed by atoms with E-state index >= 15 is 0 Å². The van der Waals surface area contributed by atoms with Crippen LogP contribution >= 0.6 is 0 Å². The zero-order valence-corrected chi connectivity index (χ0v) is 8.22. The van der Waals surface area contributed by atoms with Crippen LogP contribution in [0.1, 0.15) is 13.8 Å². The molecule has 0 aliphatic carbocycles. The van der Waals surface area contributed by atoms with Crippen molar-refractivity contribution in [3.8, 4) is 0 Å². The monoisotopic (exact) mass is 219 g/mol. The van der Waals surface area contributed by atoms with Crippen LogP contribution in [0.15, 0.2) is 5.11 Å². The highest BCUT2D eigenvalue weighted by Crippen LogP contribution is 2.36. The van der Waals surface area contributed by atoms with Crippen molar-refractivity contribution in [1.29, 1.82) is 0 Å². The Labute approximate surface area is 80.0 Å². The van der Waals surface area contributed by atoms with Gasteiger partial charge in [0.05, 0.1) is 5.54 Å². The van der Waals surface area contributed by atoms with Gasteiger partial charge in [0, 0.05) is 4.91 Å². The van der Waals surface area contributed by atoms with E-state index < -0.39 is 27.8 Å². The summed E-state index contributed by atoms with van der Waals surface area (Å²) in [5.74, 6) is -0.984. The van der Waals surface area contributed by atoms with Crippen LogP contribution in [0.3, 0.4) is 0 Å². The average molecular weight is 219 g/mol. The van der Waals surface area contributed by atoms with Crippen molar-refractivity contribution in [1.82, 2.24) is 4.31 Å². The minimum atomic E-state index is -4.82. The second-order valence-corrected chi connectivity index (χ2v) is 4.54. The van der Waals surface area contributed by atoms with Crippen LogP contribution in [0.2, 0.25) is 0 Å². The van der Waals surface area contributed by atoms with Crippen molar-refractivity contribution in [2.75, 3.05) is 0 Å². The molecule has 0 spiro atoms. The van der Waals surface area contributed by atoms with E-state index in [0.717, 1.165) is 0 Å². The van der Waals surface area contributed by atoms with Crippen molar-refractivity contribution in [2.45, 2.75) is 25.4 Å². The number of carbonyl (C=O) groups is 1. The van der Waals surface area contributed by atoms with E-state index in [1.807, 2.05) is 0 Å². The van der Waals surface area contributed by atoms with Gasteiger partial charge in [0.15, 0.2) is 10.3 Å². The fraction of sp³-hybridized carbons (Fsp3) is 0.800. The van der Waals surface area contributed by atoms with Gasteiger partial charge in [0.25, 0.3) is 0 Å². The van der Waals surface area contributed by atoms with Gasteiger partial charge in [-0.15, -0.1) is 0 Å². The zero-order chi connectivity index (χ0) is 11.1. The molecule has 1 fully saturated rings. The third kappa shape index (κ3) is 1.31. The molecule has 1 rings (SSSR count). The van der Waals surface area contributed by atoms with E-state index in [2.05, 4.69) is 10.0 Å². The Morgan fingerprint density at radius 3 is 2.43 bits per heavy atom. The van der Waals surface area contributed by atoms with Gasteiger partial charge in [0.1, 0.15) is 6.04 Å². The molecule has 1 saturated heterocycles. The molecule has 1 aliphatic rings. The Balaban J connectivity index is 3.10. The summed E-state index contributed by atoms with van der Waals surface area (Å²) in [7, 11) is -4.82. The summed E-state index contributed by atoms with van der Waals surface area (Å²) < 4.78 is 32.0. The van der Waals surface area contributed by atoms with Crippen molar-refractivity contribution >= 4 is 16.2 Å². The summed E-state index contributed by atoms with van der Waals surface area (Å²) in [4.78, 5) is 13.5. The molecule has 9 heteroatoms. The van der Waals surface area contributed by atoms with Gasteiger partial charge in [-0.1, -0.05) is 5.11 Å². The first kappa shape index (κ1) is 10.8. The Hall–Kier alpha value is -1.31. The lowest BCUT2D eigenvalue weighted by atomic mass is 9.86. The highest BCUT2D eigenvalue weighted by atomic mass is 32.2. The predicted molar refractivity (Wildman–Crippen MR) is 43.6 cm³/mol. The van der Waals surface area contributed by atoms with Crippen molar-refractivity contribution in [2.24, 2.45) is 5.11 Å². The molecule has 8 nitrogen and oxygen atoms in total. The molecule has 0 aromatic carbocycles. The third-order valence-corrected chi connectivity index (χ3v) is 3.12. The second kappa shape index (κ2) is 2.84. The molecule has 1 amide bonds. The maximum absolute atomic E-state index is 11.1. The van der Waals surface area contributed by atoms with Crippen LogP contribution in [0, 0.1) is 0 Å². The summed E-state index contributed by atoms with van der Waals surface area (Å²) in [5, 5.41) is 3.11. The maximum Gasteiger partial charge on any atom is 0.247 e. The van der Waals surface area contributed by atoms with Crippen LogP contribution in [0.5, 0.6) is 0 Å². The van der Waals surface area contributed by atoms with Crippen LogP contribution in [-0.2, 0) is 15.1 Å². The molecule has 1 unspecified atom stereocenters.